The van der Waals surface area contributed by atoms with Crippen molar-refractivity contribution in [3.05, 3.63) is 16.8 Å². The van der Waals surface area contributed by atoms with E-state index < -0.39 is 0 Å². The van der Waals surface area contributed by atoms with Crippen LogP contribution >= 0.6 is 24.2 Å². The molecular weight excluding hydrogens is 268 g/mol. The molecule has 1 unspecified atom stereocenters. The van der Waals surface area contributed by atoms with Crippen molar-refractivity contribution in [2.24, 2.45) is 0 Å². The van der Waals surface area contributed by atoms with Crippen LogP contribution in [0.25, 0.3) is 5.70 Å². The SMILES string of the molecule is CCCC(CO)NC1=CN(S)Cc2nc(N)sc21. The Balaban J connectivity index is 2.20. The highest BCUT2D eigenvalue weighted by molar-refractivity contribution is 7.77. The largest absolute Gasteiger partial charge is 0.394 e. The van der Waals surface area contributed by atoms with Crippen molar-refractivity contribution in [1.29, 1.82) is 0 Å². The Kier molecular flexibility index (Phi) is 4.36. The maximum absolute atomic E-state index is 9.35. The lowest BCUT2D eigenvalue weighted by Crippen LogP contribution is -2.32. The van der Waals surface area contributed by atoms with Crippen LogP contribution in [0.1, 0.15) is 30.3 Å². The van der Waals surface area contributed by atoms with Gasteiger partial charge in [0.25, 0.3) is 0 Å². The number of thiol groups is 1. The molecule has 0 amide bonds. The zero-order valence-corrected chi connectivity index (χ0v) is 12.0. The third kappa shape index (κ3) is 2.90. The molecule has 1 aliphatic rings. The number of rotatable bonds is 5. The number of fused-ring (bicyclic) bond motifs is 1. The van der Waals surface area contributed by atoms with E-state index in [1.54, 1.807) is 4.31 Å². The second-order valence-electron chi connectivity index (χ2n) is 4.28. The smallest absolute Gasteiger partial charge is 0.180 e. The molecule has 0 radical (unpaired) electrons. The van der Waals surface area contributed by atoms with E-state index in [1.165, 1.54) is 11.3 Å². The zero-order chi connectivity index (χ0) is 13.1. The van der Waals surface area contributed by atoms with Gasteiger partial charge in [-0.3, -0.25) is 0 Å². The summed E-state index contributed by atoms with van der Waals surface area (Å²) in [7, 11) is 0. The number of hydrogen-bond acceptors (Lipinski definition) is 7. The van der Waals surface area contributed by atoms with E-state index in [9.17, 15) is 5.11 Å². The number of nitrogens with zero attached hydrogens (tertiary/aromatic N) is 2. The molecule has 0 aromatic carbocycles. The van der Waals surface area contributed by atoms with Crippen molar-refractivity contribution in [3.8, 4) is 0 Å². The number of hydrogen-bond donors (Lipinski definition) is 4. The lowest BCUT2D eigenvalue weighted by atomic mass is 10.1. The van der Waals surface area contributed by atoms with Crippen molar-refractivity contribution >= 4 is 35.0 Å². The zero-order valence-electron chi connectivity index (χ0n) is 10.3. The molecule has 2 heterocycles. The van der Waals surface area contributed by atoms with Crippen LogP contribution in [-0.2, 0) is 6.54 Å². The molecule has 5 nitrogen and oxygen atoms in total. The molecule has 0 spiro atoms. The summed E-state index contributed by atoms with van der Waals surface area (Å²) in [6.45, 7) is 2.86. The van der Waals surface area contributed by atoms with E-state index in [4.69, 9.17) is 5.73 Å². The highest BCUT2D eigenvalue weighted by Gasteiger charge is 2.22. The summed E-state index contributed by atoms with van der Waals surface area (Å²) in [5, 5.41) is 13.3. The first-order valence-corrected chi connectivity index (χ1v) is 7.16. The Bertz CT molecular complexity index is 446. The van der Waals surface area contributed by atoms with E-state index in [0.717, 1.165) is 29.1 Å². The molecule has 7 heteroatoms. The standard InChI is InChI=1S/C11H18N4OS2/c1-2-3-7(6-16)13-8-4-15(17)5-9-10(8)18-11(12)14-9/h4,7,13,16-17H,2-3,5-6H2,1H3,(H2,12,14). The highest BCUT2D eigenvalue weighted by atomic mass is 32.1. The third-order valence-electron chi connectivity index (χ3n) is 2.77. The molecular formula is C11H18N4OS2. The fourth-order valence-corrected chi connectivity index (χ4v) is 3.04. The first kappa shape index (κ1) is 13.5. The van der Waals surface area contributed by atoms with Gasteiger partial charge in [-0.2, -0.15) is 0 Å². The lowest BCUT2D eigenvalue weighted by Gasteiger charge is -2.25. The van der Waals surface area contributed by atoms with Crippen molar-refractivity contribution in [1.82, 2.24) is 14.6 Å². The van der Waals surface area contributed by atoms with Crippen LogP contribution in [0, 0.1) is 0 Å². The van der Waals surface area contributed by atoms with Gasteiger partial charge in [-0.05, 0) is 6.42 Å². The Morgan fingerprint density at radius 1 is 1.72 bits per heavy atom. The van der Waals surface area contributed by atoms with Crippen molar-refractivity contribution in [3.63, 3.8) is 0 Å². The Labute approximate surface area is 116 Å². The molecule has 1 aromatic rings. The lowest BCUT2D eigenvalue weighted by molar-refractivity contribution is 0.246. The van der Waals surface area contributed by atoms with Gasteiger partial charge in [0.2, 0.25) is 0 Å². The quantitative estimate of drug-likeness (QED) is 0.616. The predicted octanol–water partition coefficient (Wildman–Crippen LogP) is 1.43. The number of anilines is 1. The van der Waals surface area contributed by atoms with Gasteiger partial charge in [-0.15, -0.1) is 0 Å². The maximum Gasteiger partial charge on any atom is 0.180 e. The number of thiazole rings is 1. The van der Waals surface area contributed by atoms with Crippen LogP contribution < -0.4 is 11.1 Å². The fourth-order valence-electron chi connectivity index (χ4n) is 1.97. The van der Waals surface area contributed by atoms with Crippen LogP contribution in [0.5, 0.6) is 0 Å². The first-order chi connectivity index (χ1) is 8.63. The van der Waals surface area contributed by atoms with E-state index >= 15 is 0 Å². The second kappa shape index (κ2) is 5.81. The van der Waals surface area contributed by atoms with Gasteiger partial charge in [0.1, 0.15) is 0 Å². The second-order valence-corrected chi connectivity index (χ2v) is 5.83. The third-order valence-corrected chi connectivity index (χ3v) is 3.98. The number of nitrogens with two attached hydrogens (primary N) is 1. The molecule has 1 aliphatic heterocycles. The van der Waals surface area contributed by atoms with E-state index in [1.807, 2.05) is 6.20 Å². The highest BCUT2D eigenvalue weighted by Crippen LogP contribution is 2.32. The molecule has 0 saturated carbocycles. The Morgan fingerprint density at radius 2 is 2.50 bits per heavy atom. The van der Waals surface area contributed by atoms with Gasteiger partial charge in [0.05, 0.1) is 29.4 Å². The van der Waals surface area contributed by atoms with Crippen molar-refractivity contribution < 1.29 is 5.11 Å². The van der Waals surface area contributed by atoms with Crippen molar-refractivity contribution in [2.45, 2.75) is 32.4 Å². The van der Waals surface area contributed by atoms with E-state index in [2.05, 4.69) is 30.0 Å². The predicted molar refractivity (Wildman–Crippen MR) is 77.9 cm³/mol. The molecule has 0 fully saturated rings. The maximum atomic E-state index is 9.35. The van der Waals surface area contributed by atoms with Gasteiger partial charge < -0.3 is 20.5 Å². The molecule has 0 aliphatic carbocycles. The summed E-state index contributed by atoms with van der Waals surface area (Å²) in [6.07, 6.45) is 3.86. The van der Waals surface area contributed by atoms with Gasteiger partial charge in [0.15, 0.2) is 5.13 Å². The van der Waals surface area contributed by atoms with Crippen LogP contribution in [0.2, 0.25) is 0 Å². The summed E-state index contributed by atoms with van der Waals surface area (Å²) in [5.41, 5.74) is 7.62. The molecule has 0 saturated heterocycles. The van der Waals surface area contributed by atoms with Gasteiger partial charge in [-0.1, -0.05) is 37.5 Å². The fraction of sp³-hybridized carbons (Fsp3) is 0.545. The van der Waals surface area contributed by atoms with E-state index in [-0.39, 0.29) is 12.6 Å². The van der Waals surface area contributed by atoms with Crippen LogP contribution in [-0.4, -0.2) is 27.0 Å². The van der Waals surface area contributed by atoms with Gasteiger partial charge in [-0.25, -0.2) is 4.98 Å². The number of nitrogens with one attached hydrogen (secondary N) is 1. The van der Waals surface area contributed by atoms with Gasteiger partial charge in [0, 0.05) is 12.2 Å². The summed E-state index contributed by atoms with van der Waals surface area (Å²) in [5.74, 6) is 0. The molecule has 18 heavy (non-hydrogen) atoms. The van der Waals surface area contributed by atoms with Crippen molar-refractivity contribution in [2.75, 3.05) is 12.3 Å². The number of nitrogen functional groups attached to an aromatic ring is 1. The summed E-state index contributed by atoms with van der Waals surface area (Å²) >= 11 is 5.80. The van der Waals surface area contributed by atoms with Gasteiger partial charge >= 0.3 is 0 Å². The Hall–Kier alpha value is -0.920. The average molecular weight is 286 g/mol. The normalized spacial score (nSPS) is 16.2. The first-order valence-electron chi connectivity index (χ1n) is 5.94. The van der Waals surface area contributed by atoms with Crippen LogP contribution in [0.15, 0.2) is 6.20 Å². The molecule has 0 bridgehead atoms. The monoisotopic (exact) mass is 286 g/mol. The molecule has 1 aromatic heterocycles. The molecule has 2 rings (SSSR count). The average Bonchev–Trinajstić information content (AvgIpc) is 2.68. The summed E-state index contributed by atoms with van der Waals surface area (Å²) < 4.78 is 1.77. The van der Waals surface area contributed by atoms with Crippen LogP contribution in [0.4, 0.5) is 5.13 Å². The minimum atomic E-state index is 0.0530. The summed E-state index contributed by atoms with van der Waals surface area (Å²) in [4.78, 5) is 5.34. The number of aliphatic hydroxyl groups excluding tert-OH is 1. The summed E-state index contributed by atoms with van der Waals surface area (Å²) in [6, 6.07) is 0.0530. The topological polar surface area (TPSA) is 74.4 Å². The molecule has 100 valence electrons. The Morgan fingerprint density at radius 3 is 3.17 bits per heavy atom. The van der Waals surface area contributed by atoms with E-state index in [0.29, 0.717) is 11.7 Å². The molecule has 1 atom stereocenters. The van der Waals surface area contributed by atoms with Crippen LogP contribution in [0.3, 0.4) is 0 Å². The minimum absolute atomic E-state index is 0.0530. The number of aliphatic hydroxyl groups is 1. The molecule has 4 N–H and O–H groups in total. The minimum Gasteiger partial charge on any atom is -0.394 e. The number of aromatic nitrogens is 1.